The van der Waals surface area contributed by atoms with Crippen molar-refractivity contribution >= 4 is 5.78 Å². The molecule has 1 rings (SSSR count). The number of carbonyl (C=O) groups excluding carboxylic acids is 1. The van der Waals surface area contributed by atoms with Crippen molar-refractivity contribution in [3.63, 3.8) is 0 Å². The van der Waals surface area contributed by atoms with Gasteiger partial charge < -0.3 is 4.74 Å². The largest absolute Gasteiger partial charge is 0.381 e. The van der Waals surface area contributed by atoms with Gasteiger partial charge in [-0.05, 0) is 19.8 Å². The Hall–Kier alpha value is -0.370. The lowest BCUT2D eigenvalue weighted by molar-refractivity contribution is -0.123. The second-order valence-corrected chi connectivity index (χ2v) is 2.50. The lowest BCUT2D eigenvalue weighted by Gasteiger charge is -2.18. The number of carbonyl (C=O) groups is 1. The molecule has 0 N–H and O–H groups in total. The first-order chi connectivity index (χ1) is 5.30. The number of hydrogen-bond acceptors (Lipinski definition) is 2. The highest BCUT2D eigenvalue weighted by molar-refractivity contribution is 5.78. The zero-order chi connectivity index (χ0) is 8.69. The second-order valence-electron chi connectivity index (χ2n) is 2.50. The molecule has 0 amide bonds. The van der Waals surface area contributed by atoms with E-state index in [9.17, 15) is 4.79 Å². The Labute approximate surface area is 68.9 Å². The van der Waals surface area contributed by atoms with Gasteiger partial charge in [-0.15, -0.1) is 0 Å². The standard InChI is InChI=1S/C7H12O2.C2H6/c1-6(8)7-2-4-9-5-3-7;1-2/h7H,2-5H2,1H3;1-2H3. The van der Waals surface area contributed by atoms with Crippen molar-refractivity contribution in [2.75, 3.05) is 13.2 Å². The third-order valence-electron chi connectivity index (χ3n) is 1.80. The molecule has 1 fully saturated rings. The van der Waals surface area contributed by atoms with E-state index in [2.05, 4.69) is 0 Å². The van der Waals surface area contributed by atoms with Crippen molar-refractivity contribution in [1.29, 1.82) is 0 Å². The molecule has 1 aliphatic heterocycles. The minimum atomic E-state index is 0.291. The van der Waals surface area contributed by atoms with Crippen molar-refractivity contribution in [1.82, 2.24) is 0 Å². The van der Waals surface area contributed by atoms with Crippen LogP contribution in [0, 0.1) is 5.92 Å². The SMILES string of the molecule is CC.CC(=O)C1CCOCC1. The van der Waals surface area contributed by atoms with E-state index in [1.165, 1.54) is 0 Å². The summed E-state index contributed by atoms with van der Waals surface area (Å²) in [4.78, 5) is 10.7. The maximum absolute atomic E-state index is 10.7. The van der Waals surface area contributed by atoms with Crippen LogP contribution in [0.15, 0.2) is 0 Å². The number of rotatable bonds is 1. The smallest absolute Gasteiger partial charge is 0.133 e. The predicted molar refractivity (Wildman–Crippen MR) is 45.6 cm³/mol. The van der Waals surface area contributed by atoms with Gasteiger partial charge in [-0.2, -0.15) is 0 Å². The third-order valence-corrected chi connectivity index (χ3v) is 1.80. The number of hydrogen-bond donors (Lipinski definition) is 0. The van der Waals surface area contributed by atoms with Crippen LogP contribution in [0.5, 0.6) is 0 Å². The highest BCUT2D eigenvalue weighted by atomic mass is 16.5. The van der Waals surface area contributed by atoms with Crippen molar-refractivity contribution in [3.8, 4) is 0 Å². The average molecular weight is 158 g/mol. The van der Waals surface area contributed by atoms with Crippen LogP contribution in [0.1, 0.15) is 33.6 Å². The van der Waals surface area contributed by atoms with Gasteiger partial charge in [0.1, 0.15) is 5.78 Å². The molecule has 0 saturated carbocycles. The van der Waals surface area contributed by atoms with Crippen LogP contribution in [0.3, 0.4) is 0 Å². The van der Waals surface area contributed by atoms with Crippen LogP contribution in [-0.4, -0.2) is 19.0 Å². The van der Waals surface area contributed by atoms with Crippen molar-refractivity contribution < 1.29 is 9.53 Å². The monoisotopic (exact) mass is 158 g/mol. The Kier molecular flexibility index (Phi) is 6.13. The van der Waals surface area contributed by atoms with Gasteiger partial charge in [0.05, 0.1) is 0 Å². The Morgan fingerprint density at radius 1 is 1.27 bits per heavy atom. The fourth-order valence-corrected chi connectivity index (χ4v) is 1.10. The fraction of sp³-hybridized carbons (Fsp3) is 0.889. The summed E-state index contributed by atoms with van der Waals surface area (Å²) in [6.45, 7) is 7.20. The summed E-state index contributed by atoms with van der Waals surface area (Å²) in [5.41, 5.74) is 0. The van der Waals surface area contributed by atoms with Crippen LogP contribution in [-0.2, 0) is 9.53 Å². The Morgan fingerprint density at radius 3 is 2.00 bits per heavy atom. The molecule has 1 aliphatic rings. The quantitative estimate of drug-likeness (QED) is 0.583. The summed E-state index contributed by atoms with van der Waals surface area (Å²) in [6.07, 6.45) is 1.85. The molecule has 0 radical (unpaired) electrons. The molecule has 2 heteroatoms. The van der Waals surface area contributed by atoms with Crippen LogP contribution in [0.4, 0.5) is 0 Å². The Balaban J connectivity index is 0.000000461. The molecule has 0 aromatic heterocycles. The average Bonchev–Trinajstić information content (AvgIpc) is 2.10. The zero-order valence-electron chi connectivity index (χ0n) is 7.72. The van der Waals surface area contributed by atoms with Crippen LogP contribution >= 0.6 is 0 Å². The topological polar surface area (TPSA) is 26.3 Å². The molecule has 0 spiro atoms. The summed E-state index contributed by atoms with van der Waals surface area (Å²) >= 11 is 0. The van der Waals surface area contributed by atoms with Crippen LogP contribution in [0.25, 0.3) is 0 Å². The van der Waals surface area contributed by atoms with Crippen LogP contribution < -0.4 is 0 Å². The lowest BCUT2D eigenvalue weighted by Crippen LogP contribution is -2.21. The van der Waals surface area contributed by atoms with E-state index in [0.717, 1.165) is 26.1 Å². The maximum atomic E-state index is 10.7. The molecule has 0 atom stereocenters. The van der Waals surface area contributed by atoms with E-state index in [4.69, 9.17) is 4.74 Å². The molecule has 0 aromatic rings. The molecular weight excluding hydrogens is 140 g/mol. The molecule has 11 heavy (non-hydrogen) atoms. The summed E-state index contributed by atoms with van der Waals surface area (Å²) in [7, 11) is 0. The summed E-state index contributed by atoms with van der Waals surface area (Å²) in [5.74, 6) is 0.608. The number of ether oxygens (including phenoxy) is 1. The van der Waals surface area contributed by atoms with Gasteiger partial charge in [0.15, 0.2) is 0 Å². The highest BCUT2D eigenvalue weighted by Crippen LogP contribution is 2.14. The molecule has 1 heterocycles. The first-order valence-electron chi connectivity index (χ1n) is 4.39. The number of ketones is 1. The molecule has 0 aliphatic carbocycles. The van der Waals surface area contributed by atoms with Gasteiger partial charge >= 0.3 is 0 Å². The summed E-state index contributed by atoms with van der Waals surface area (Å²) in [6, 6.07) is 0. The fourth-order valence-electron chi connectivity index (χ4n) is 1.10. The summed E-state index contributed by atoms with van der Waals surface area (Å²) in [5, 5.41) is 0. The van der Waals surface area contributed by atoms with Gasteiger partial charge in [0.2, 0.25) is 0 Å². The molecule has 0 bridgehead atoms. The zero-order valence-corrected chi connectivity index (χ0v) is 7.72. The van der Waals surface area contributed by atoms with E-state index in [1.807, 2.05) is 13.8 Å². The second kappa shape index (κ2) is 6.35. The van der Waals surface area contributed by atoms with Gasteiger partial charge in [-0.3, -0.25) is 4.79 Å². The highest BCUT2D eigenvalue weighted by Gasteiger charge is 2.16. The third kappa shape index (κ3) is 4.14. The van der Waals surface area contributed by atoms with Gasteiger partial charge in [0, 0.05) is 19.1 Å². The maximum Gasteiger partial charge on any atom is 0.133 e. The molecular formula is C9H18O2. The lowest BCUT2D eigenvalue weighted by atomic mass is 9.97. The van der Waals surface area contributed by atoms with Crippen molar-refractivity contribution in [2.24, 2.45) is 5.92 Å². The first-order valence-corrected chi connectivity index (χ1v) is 4.39. The van der Waals surface area contributed by atoms with Crippen molar-refractivity contribution in [3.05, 3.63) is 0 Å². The van der Waals surface area contributed by atoms with E-state index in [0.29, 0.717) is 11.7 Å². The minimum Gasteiger partial charge on any atom is -0.381 e. The minimum absolute atomic E-state index is 0.291. The normalized spacial score (nSPS) is 18.5. The molecule has 2 nitrogen and oxygen atoms in total. The van der Waals surface area contributed by atoms with Crippen LogP contribution in [0.2, 0.25) is 0 Å². The molecule has 1 saturated heterocycles. The Morgan fingerprint density at radius 2 is 1.73 bits per heavy atom. The van der Waals surface area contributed by atoms with E-state index < -0.39 is 0 Å². The van der Waals surface area contributed by atoms with E-state index in [-0.39, 0.29) is 0 Å². The molecule has 66 valence electrons. The molecule has 0 unspecified atom stereocenters. The van der Waals surface area contributed by atoms with Gasteiger partial charge in [-0.25, -0.2) is 0 Å². The van der Waals surface area contributed by atoms with E-state index >= 15 is 0 Å². The summed E-state index contributed by atoms with van der Waals surface area (Å²) < 4.78 is 5.10. The van der Waals surface area contributed by atoms with Gasteiger partial charge in [-0.1, -0.05) is 13.8 Å². The first kappa shape index (κ1) is 10.6. The van der Waals surface area contributed by atoms with Crippen molar-refractivity contribution in [2.45, 2.75) is 33.6 Å². The predicted octanol–water partition coefficient (Wildman–Crippen LogP) is 2.03. The van der Waals surface area contributed by atoms with E-state index in [1.54, 1.807) is 6.92 Å². The Bertz CT molecular complexity index is 104. The van der Waals surface area contributed by atoms with Gasteiger partial charge in [0.25, 0.3) is 0 Å². The molecule has 0 aromatic carbocycles. The number of Topliss-reactive ketones (excluding diaryl/α,β-unsaturated/α-hetero) is 1.